The van der Waals surface area contributed by atoms with Crippen LogP contribution in [0.2, 0.25) is 0 Å². The van der Waals surface area contributed by atoms with E-state index in [1.165, 1.54) is 13.2 Å². The lowest BCUT2D eigenvalue weighted by atomic mass is 9.91. The summed E-state index contributed by atoms with van der Waals surface area (Å²) in [5.41, 5.74) is 3.06. The highest BCUT2D eigenvalue weighted by atomic mass is 19.1. The van der Waals surface area contributed by atoms with E-state index in [0.717, 1.165) is 49.0 Å². The lowest BCUT2D eigenvalue weighted by Crippen LogP contribution is -2.23. The van der Waals surface area contributed by atoms with Gasteiger partial charge in [-0.05, 0) is 72.7 Å². The second kappa shape index (κ2) is 14.0. The minimum absolute atomic E-state index is 0.0731. The molecule has 3 aromatic carbocycles. The highest BCUT2D eigenvalue weighted by Gasteiger charge is 2.24. The van der Waals surface area contributed by atoms with Crippen molar-refractivity contribution in [3.05, 3.63) is 77.6 Å². The molecule has 1 fully saturated rings. The van der Waals surface area contributed by atoms with Gasteiger partial charge in [0, 0.05) is 11.6 Å². The van der Waals surface area contributed by atoms with E-state index in [2.05, 4.69) is 6.92 Å². The summed E-state index contributed by atoms with van der Waals surface area (Å²) in [6.07, 6.45) is 4.82. The third-order valence-electron chi connectivity index (χ3n) is 6.98. The van der Waals surface area contributed by atoms with Crippen LogP contribution in [0, 0.1) is 5.82 Å². The zero-order valence-electron chi connectivity index (χ0n) is 23.0. The fraction of sp³-hybridized carbons (Fsp3) is 0.406. The molecule has 0 radical (unpaired) electrons. The van der Waals surface area contributed by atoms with E-state index >= 15 is 0 Å². The number of methoxy groups -OCH3 is 2. The summed E-state index contributed by atoms with van der Waals surface area (Å²) in [6.45, 7) is 3.09. The Morgan fingerprint density at radius 1 is 1.05 bits per heavy atom. The van der Waals surface area contributed by atoms with Gasteiger partial charge in [-0.25, -0.2) is 4.39 Å². The first-order valence-electron chi connectivity index (χ1n) is 13.6. The molecule has 0 aliphatic carbocycles. The molecule has 7 heteroatoms. The molecule has 0 saturated carbocycles. The largest absolute Gasteiger partial charge is 0.560 e. The maximum absolute atomic E-state index is 14.9. The van der Waals surface area contributed by atoms with Crippen LogP contribution < -0.4 is 9.47 Å². The number of hydrogen-bond donors (Lipinski definition) is 0. The quantitative estimate of drug-likeness (QED) is 0.179. The summed E-state index contributed by atoms with van der Waals surface area (Å²) < 4.78 is 42.0. The number of benzene rings is 3. The standard InChI is InChI=1S/C32H37FO6/c1-4-8-23(19-31(34)36-3)24-9-7-10-26(18-24)38-21-22-12-14-27(28-20-25(35-2)13-15-29(28)33)30(17-22)39-32-11-5-6-16-37-32/h7,9-10,12-15,17-18,20,23,32H,4-6,8,11,16,19,21H2,1-3H3/p+1/t23-,32?/m1/s1. The van der Waals surface area contributed by atoms with Gasteiger partial charge in [0.25, 0.3) is 12.0 Å². The second-order valence-electron chi connectivity index (χ2n) is 9.77. The van der Waals surface area contributed by atoms with Crippen molar-refractivity contribution in [2.45, 2.75) is 64.3 Å². The Kier molecular flexibility index (Phi) is 10.2. The summed E-state index contributed by atoms with van der Waals surface area (Å²) in [6, 6.07) is 18.3. The molecule has 3 aromatic rings. The smallest absolute Gasteiger partial charge is 0.306 e. The summed E-state index contributed by atoms with van der Waals surface area (Å²) in [5, 5.41) is 0. The van der Waals surface area contributed by atoms with Crippen molar-refractivity contribution < 1.29 is 32.9 Å². The summed E-state index contributed by atoms with van der Waals surface area (Å²) in [5.74, 6) is 1.47. The van der Waals surface area contributed by atoms with Gasteiger partial charge >= 0.3 is 5.97 Å². The number of carbonyl (C=O) groups excluding carboxylic acids is 1. The molecular formula is C32H38FO6+. The number of halogens is 1. The van der Waals surface area contributed by atoms with Crippen molar-refractivity contribution in [1.29, 1.82) is 0 Å². The van der Waals surface area contributed by atoms with Crippen molar-refractivity contribution in [1.82, 2.24) is 0 Å². The highest BCUT2D eigenvalue weighted by Crippen LogP contribution is 2.37. The minimum atomic E-state index is -0.341. The van der Waals surface area contributed by atoms with Crippen LogP contribution in [-0.2, 0) is 20.9 Å². The van der Waals surface area contributed by atoms with Crippen molar-refractivity contribution in [2.75, 3.05) is 20.8 Å². The fourth-order valence-electron chi connectivity index (χ4n) is 4.86. The Labute approximate surface area is 230 Å². The van der Waals surface area contributed by atoms with E-state index in [0.29, 0.717) is 42.3 Å². The number of aliphatic hydroxyl groups is 1. The van der Waals surface area contributed by atoms with Crippen LogP contribution in [0.15, 0.2) is 60.7 Å². The number of carbonyl (C=O) groups is 1. The van der Waals surface area contributed by atoms with E-state index < -0.39 is 0 Å². The molecule has 1 heterocycles. The predicted molar refractivity (Wildman–Crippen MR) is 149 cm³/mol. The van der Waals surface area contributed by atoms with E-state index in [1.54, 1.807) is 19.2 Å². The first kappa shape index (κ1) is 28.4. The Hall–Kier alpha value is -3.58. The van der Waals surface area contributed by atoms with Crippen LogP contribution in [0.3, 0.4) is 0 Å². The van der Waals surface area contributed by atoms with Gasteiger partial charge in [-0.3, -0.25) is 4.79 Å². The van der Waals surface area contributed by atoms with Gasteiger partial charge in [0.15, 0.2) is 0 Å². The average Bonchev–Trinajstić information content (AvgIpc) is 2.97. The lowest BCUT2D eigenvalue weighted by molar-refractivity contribution is -0.206. The van der Waals surface area contributed by atoms with E-state index in [4.69, 9.17) is 23.7 Å². The van der Waals surface area contributed by atoms with Gasteiger partial charge in [0.05, 0.1) is 39.2 Å². The average molecular weight is 538 g/mol. The Bertz CT molecular complexity index is 1240. The number of ether oxygens (including phenoxy) is 5. The molecule has 0 aromatic heterocycles. The molecule has 39 heavy (non-hydrogen) atoms. The Morgan fingerprint density at radius 2 is 1.92 bits per heavy atom. The number of hydrogen-bond acceptors (Lipinski definition) is 5. The van der Waals surface area contributed by atoms with Crippen LogP contribution in [0.1, 0.15) is 62.5 Å². The monoisotopic (exact) mass is 537 g/mol. The van der Waals surface area contributed by atoms with Crippen LogP contribution in [-0.4, -0.2) is 37.8 Å². The summed E-state index contributed by atoms with van der Waals surface area (Å²) in [4.78, 5) is 11.9. The molecule has 2 atom stereocenters. The van der Waals surface area contributed by atoms with Crippen LogP contribution in [0.5, 0.6) is 17.2 Å². The van der Waals surface area contributed by atoms with Crippen LogP contribution in [0.25, 0.3) is 11.1 Å². The summed E-state index contributed by atoms with van der Waals surface area (Å²) >= 11 is 0. The van der Waals surface area contributed by atoms with Crippen molar-refractivity contribution in [3.8, 4) is 28.4 Å². The van der Waals surface area contributed by atoms with E-state index in [1.807, 2.05) is 42.5 Å². The van der Waals surface area contributed by atoms with Crippen molar-refractivity contribution >= 4 is 5.97 Å². The third kappa shape index (κ3) is 7.73. The maximum atomic E-state index is 14.9. The molecule has 1 saturated heterocycles. The number of rotatable bonds is 12. The first-order chi connectivity index (χ1) is 19.0. The number of esters is 1. The minimum Gasteiger partial charge on any atom is -0.560 e. The first-order valence-corrected chi connectivity index (χ1v) is 13.6. The zero-order chi connectivity index (χ0) is 27.6. The molecule has 1 N–H and O–H groups in total. The summed E-state index contributed by atoms with van der Waals surface area (Å²) in [7, 11) is 2.98. The van der Waals surface area contributed by atoms with Gasteiger partial charge < -0.3 is 23.7 Å². The SMILES string of the molecule is CCC[C@H](CC(=O)OC)c1cccc(OCc2ccc(-c3cc(OC)ccc3F)c([OH+]C3CCCCO3)c2)c1. The Balaban J connectivity index is 1.56. The second-order valence-corrected chi connectivity index (χ2v) is 9.77. The van der Waals surface area contributed by atoms with Crippen LogP contribution >= 0.6 is 0 Å². The number of aromatic hydroxyl groups is 1. The topological polar surface area (TPSA) is 66.8 Å². The maximum Gasteiger partial charge on any atom is 0.306 e. The van der Waals surface area contributed by atoms with Crippen molar-refractivity contribution in [2.24, 2.45) is 0 Å². The molecular weight excluding hydrogens is 499 g/mol. The van der Waals surface area contributed by atoms with Gasteiger partial charge in [-0.2, -0.15) is 0 Å². The predicted octanol–water partition coefficient (Wildman–Crippen LogP) is 7.30. The van der Waals surface area contributed by atoms with Crippen LogP contribution in [0.4, 0.5) is 4.39 Å². The fourth-order valence-corrected chi connectivity index (χ4v) is 4.86. The molecule has 0 spiro atoms. The molecule has 0 bridgehead atoms. The molecule has 6 nitrogen and oxygen atoms in total. The van der Waals surface area contributed by atoms with E-state index in [-0.39, 0.29) is 24.0 Å². The molecule has 1 unspecified atom stereocenters. The van der Waals surface area contributed by atoms with Gasteiger partial charge in [-0.15, -0.1) is 0 Å². The molecule has 208 valence electrons. The molecule has 1 aliphatic heterocycles. The Morgan fingerprint density at radius 3 is 2.67 bits per heavy atom. The lowest BCUT2D eigenvalue weighted by Gasteiger charge is -2.22. The normalized spacial score (nSPS) is 15.8. The molecule has 0 amide bonds. The molecule has 4 rings (SSSR count). The molecule has 1 aliphatic rings. The van der Waals surface area contributed by atoms with Gasteiger partial charge in [0.2, 0.25) is 0 Å². The van der Waals surface area contributed by atoms with E-state index in [9.17, 15) is 9.18 Å². The highest BCUT2D eigenvalue weighted by molar-refractivity contribution is 5.72. The van der Waals surface area contributed by atoms with Crippen molar-refractivity contribution in [3.63, 3.8) is 0 Å². The third-order valence-corrected chi connectivity index (χ3v) is 6.98. The van der Waals surface area contributed by atoms with Gasteiger partial charge in [0.1, 0.15) is 23.9 Å². The van der Waals surface area contributed by atoms with Gasteiger partial charge in [-0.1, -0.05) is 31.5 Å². The zero-order valence-corrected chi connectivity index (χ0v) is 23.0.